The molecule has 5 heteroatoms. The number of hydrogen-bond acceptors (Lipinski definition) is 2. The van der Waals surface area contributed by atoms with Gasteiger partial charge in [0.2, 0.25) is 5.91 Å². The molecule has 22 heavy (non-hydrogen) atoms. The van der Waals surface area contributed by atoms with Crippen molar-refractivity contribution in [2.45, 2.75) is 25.7 Å². The molecule has 2 aromatic rings. The van der Waals surface area contributed by atoms with Crippen LogP contribution in [0.2, 0.25) is 0 Å². The summed E-state index contributed by atoms with van der Waals surface area (Å²) in [5.74, 6) is 0.770. The smallest absolute Gasteiger partial charge is 0.236 e. The van der Waals surface area contributed by atoms with E-state index in [9.17, 15) is 4.79 Å². The van der Waals surface area contributed by atoms with Crippen LogP contribution in [0, 0.1) is 6.92 Å². The lowest BCUT2D eigenvalue weighted by atomic mass is 9.87. The van der Waals surface area contributed by atoms with Crippen molar-refractivity contribution in [1.29, 1.82) is 0 Å². The molecule has 0 unspecified atom stereocenters. The number of carbonyl (C=O) groups is 1. The quantitative estimate of drug-likeness (QED) is 0.913. The third kappa shape index (κ3) is 3.13. The van der Waals surface area contributed by atoms with E-state index in [1.54, 1.807) is 0 Å². The van der Waals surface area contributed by atoms with Crippen LogP contribution in [0.4, 0.5) is 0 Å². The molecular formula is C17H24ClN3O. The zero-order chi connectivity index (χ0) is 14.8. The van der Waals surface area contributed by atoms with Gasteiger partial charge in [0.05, 0.1) is 6.54 Å². The number of para-hydroxylation sites is 1. The van der Waals surface area contributed by atoms with E-state index in [2.05, 4.69) is 41.5 Å². The Morgan fingerprint density at radius 3 is 2.68 bits per heavy atom. The Bertz CT molecular complexity index is 644. The number of nitrogens with zero attached hydrogens (tertiary/aromatic N) is 1. The van der Waals surface area contributed by atoms with Crippen molar-refractivity contribution < 1.29 is 4.79 Å². The number of nitrogens with one attached hydrogen (secondary N) is 2. The second kappa shape index (κ2) is 7.16. The SMILES string of the molecule is CNCC(=O)N1CCC(c2c(C)[nH]c3ccccc23)CC1.Cl. The summed E-state index contributed by atoms with van der Waals surface area (Å²) in [5.41, 5.74) is 3.95. The molecule has 0 spiro atoms. The topological polar surface area (TPSA) is 48.1 Å². The van der Waals surface area contributed by atoms with Gasteiger partial charge in [-0.3, -0.25) is 4.79 Å². The number of halogens is 1. The van der Waals surface area contributed by atoms with Crippen LogP contribution in [0.3, 0.4) is 0 Å². The molecule has 1 aliphatic rings. The number of likely N-dealkylation sites (tertiary alicyclic amines) is 1. The predicted molar refractivity (Wildman–Crippen MR) is 92.8 cm³/mol. The largest absolute Gasteiger partial charge is 0.358 e. The average molecular weight is 322 g/mol. The number of hydrogen-bond donors (Lipinski definition) is 2. The molecule has 0 atom stereocenters. The van der Waals surface area contributed by atoms with Gasteiger partial charge in [0.1, 0.15) is 0 Å². The van der Waals surface area contributed by atoms with Crippen molar-refractivity contribution in [1.82, 2.24) is 15.2 Å². The Hall–Kier alpha value is -1.52. The predicted octanol–water partition coefficient (Wildman–Crippen LogP) is 2.82. The zero-order valence-electron chi connectivity index (χ0n) is 13.2. The number of H-pyrrole nitrogens is 1. The zero-order valence-corrected chi connectivity index (χ0v) is 14.0. The van der Waals surface area contributed by atoms with E-state index < -0.39 is 0 Å². The number of aryl methyl sites for hydroxylation is 1. The summed E-state index contributed by atoms with van der Waals surface area (Å²) in [7, 11) is 1.82. The van der Waals surface area contributed by atoms with Crippen molar-refractivity contribution in [2.75, 3.05) is 26.7 Å². The number of carbonyl (C=O) groups excluding carboxylic acids is 1. The first-order valence-electron chi connectivity index (χ1n) is 7.70. The minimum Gasteiger partial charge on any atom is -0.358 e. The fourth-order valence-corrected chi connectivity index (χ4v) is 3.51. The first-order chi connectivity index (χ1) is 10.2. The van der Waals surface area contributed by atoms with Crippen LogP contribution in [0.5, 0.6) is 0 Å². The van der Waals surface area contributed by atoms with Crippen LogP contribution < -0.4 is 5.32 Å². The number of benzene rings is 1. The van der Waals surface area contributed by atoms with Crippen LogP contribution in [0.25, 0.3) is 10.9 Å². The van der Waals surface area contributed by atoms with Crippen molar-refractivity contribution >= 4 is 29.2 Å². The van der Waals surface area contributed by atoms with Crippen LogP contribution in [-0.4, -0.2) is 42.5 Å². The van der Waals surface area contributed by atoms with Gasteiger partial charge < -0.3 is 15.2 Å². The number of amides is 1. The van der Waals surface area contributed by atoms with Gasteiger partial charge in [-0.05, 0) is 44.4 Å². The van der Waals surface area contributed by atoms with E-state index in [0.717, 1.165) is 25.9 Å². The number of piperidine rings is 1. The molecule has 1 aliphatic heterocycles. The molecule has 4 nitrogen and oxygen atoms in total. The monoisotopic (exact) mass is 321 g/mol. The first-order valence-corrected chi connectivity index (χ1v) is 7.70. The number of likely N-dealkylation sites (N-methyl/N-ethyl adjacent to an activating group) is 1. The third-order valence-electron chi connectivity index (χ3n) is 4.53. The molecule has 0 aliphatic carbocycles. The van der Waals surface area contributed by atoms with Gasteiger partial charge in [-0.1, -0.05) is 18.2 Å². The van der Waals surface area contributed by atoms with E-state index in [1.165, 1.54) is 22.2 Å². The molecule has 1 aromatic heterocycles. The van der Waals surface area contributed by atoms with Crippen molar-refractivity contribution in [3.05, 3.63) is 35.5 Å². The molecule has 0 radical (unpaired) electrons. The molecule has 1 amide bonds. The standard InChI is InChI=1S/C17H23N3O.ClH/c1-12-17(14-5-3-4-6-15(14)19-12)13-7-9-20(10-8-13)16(21)11-18-2;/h3-6,13,18-19H,7-11H2,1-2H3;1H. The van der Waals surface area contributed by atoms with Gasteiger partial charge in [0, 0.05) is 29.7 Å². The second-order valence-corrected chi connectivity index (χ2v) is 5.89. The maximum Gasteiger partial charge on any atom is 0.236 e. The lowest BCUT2D eigenvalue weighted by molar-refractivity contribution is -0.131. The summed E-state index contributed by atoms with van der Waals surface area (Å²) in [6, 6.07) is 8.51. The highest BCUT2D eigenvalue weighted by Gasteiger charge is 2.26. The summed E-state index contributed by atoms with van der Waals surface area (Å²) >= 11 is 0. The van der Waals surface area contributed by atoms with Crippen LogP contribution in [0.1, 0.15) is 30.0 Å². The summed E-state index contributed by atoms with van der Waals surface area (Å²) in [4.78, 5) is 17.4. The minimum atomic E-state index is 0. The molecular weight excluding hydrogens is 298 g/mol. The van der Waals surface area contributed by atoms with E-state index in [4.69, 9.17) is 0 Å². The van der Waals surface area contributed by atoms with E-state index in [-0.39, 0.29) is 18.3 Å². The molecule has 3 rings (SSSR count). The Morgan fingerprint density at radius 2 is 2.00 bits per heavy atom. The lowest BCUT2D eigenvalue weighted by Gasteiger charge is -2.32. The number of aromatic nitrogens is 1. The van der Waals surface area contributed by atoms with Gasteiger partial charge in [-0.2, -0.15) is 0 Å². The van der Waals surface area contributed by atoms with Crippen LogP contribution >= 0.6 is 12.4 Å². The maximum atomic E-state index is 11.9. The number of fused-ring (bicyclic) bond motifs is 1. The molecule has 120 valence electrons. The Kier molecular flexibility index (Phi) is 5.48. The third-order valence-corrected chi connectivity index (χ3v) is 4.53. The number of rotatable bonds is 3. The first kappa shape index (κ1) is 16.8. The van der Waals surface area contributed by atoms with E-state index >= 15 is 0 Å². The average Bonchev–Trinajstić information content (AvgIpc) is 2.83. The second-order valence-electron chi connectivity index (χ2n) is 5.89. The van der Waals surface area contributed by atoms with Crippen molar-refractivity contribution in [2.24, 2.45) is 0 Å². The summed E-state index contributed by atoms with van der Waals surface area (Å²) in [5, 5.41) is 4.28. The van der Waals surface area contributed by atoms with Crippen LogP contribution in [0.15, 0.2) is 24.3 Å². The molecule has 0 saturated carbocycles. The maximum absolute atomic E-state index is 11.9. The van der Waals surface area contributed by atoms with Crippen molar-refractivity contribution in [3.63, 3.8) is 0 Å². The van der Waals surface area contributed by atoms with Gasteiger partial charge in [0.25, 0.3) is 0 Å². The minimum absolute atomic E-state index is 0. The van der Waals surface area contributed by atoms with Gasteiger partial charge in [-0.25, -0.2) is 0 Å². The molecule has 2 N–H and O–H groups in total. The molecule has 2 heterocycles. The normalized spacial score (nSPS) is 15.8. The van der Waals surface area contributed by atoms with Gasteiger partial charge in [0.15, 0.2) is 0 Å². The van der Waals surface area contributed by atoms with Crippen LogP contribution in [-0.2, 0) is 4.79 Å². The van der Waals surface area contributed by atoms with Gasteiger partial charge >= 0.3 is 0 Å². The van der Waals surface area contributed by atoms with E-state index in [0.29, 0.717) is 12.5 Å². The van der Waals surface area contributed by atoms with Crippen molar-refractivity contribution in [3.8, 4) is 0 Å². The molecule has 1 aromatic carbocycles. The lowest BCUT2D eigenvalue weighted by Crippen LogP contribution is -2.41. The Balaban J connectivity index is 0.00000176. The highest BCUT2D eigenvalue weighted by molar-refractivity contribution is 5.85. The van der Waals surface area contributed by atoms with E-state index in [1.807, 2.05) is 11.9 Å². The highest BCUT2D eigenvalue weighted by atomic mass is 35.5. The van der Waals surface area contributed by atoms with Gasteiger partial charge in [-0.15, -0.1) is 12.4 Å². The highest BCUT2D eigenvalue weighted by Crippen LogP contribution is 2.35. The number of aromatic amines is 1. The summed E-state index contributed by atoms with van der Waals surface area (Å²) in [6.07, 6.45) is 2.11. The fourth-order valence-electron chi connectivity index (χ4n) is 3.51. The Morgan fingerprint density at radius 1 is 1.32 bits per heavy atom. The molecule has 1 saturated heterocycles. The molecule has 0 bridgehead atoms. The Labute approximate surface area is 137 Å². The summed E-state index contributed by atoms with van der Waals surface area (Å²) in [6.45, 7) is 4.33. The fraction of sp³-hybridized carbons (Fsp3) is 0.471. The summed E-state index contributed by atoms with van der Waals surface area (Å²) < 4.78 is 0. The molecule has 1 fully saturated rings.